The molecule has 0 spiro atoms. The molecule has 0 radical (unpaired) electrons. The number of carboxylic acid groups (broad SMARTS) is 1. The van der Waals surface area contributed by atoms with Crippen LogP contribution in [0.1, 0.15) is 32.6 Å². The van der Waals surface area contributed by atoms with E-state index >= 15 is 0 Å². The highest BCUT2D eigenvalue weighted by Crippen LogP contribution is 2.45. The summed E-state index contributed by atoms with van der Waals surface area (Å²) in [7, 11) is 0. The largest absolute Gasteiger partial charge is 0.481 e. The second-order valence-corrected chi connectivity index (χ2v) is 5.32. The van der Waals surface area contributed by atoms with Crippen LogP contribution in [0.4, 0.5) is 13.2 Å². The Kier molecular flexibility index (Phi) is 5.01. The molecule has 0 aliphatic carbocycles. The zero-order chi connectivity index (χ0) is 15.6. The van der Waals surface area contributed by atoms with Gasteiger partial charge in [-0.05, 0) is 26.2 Å². The molecule has 0 aromatic heterocycles. The SMILES string of the molecule is CC(N)CCCC(=O)N1CCC(C(=O)O)(C(F)(F)F)C1. The lowest BCUT2D eigenvalue weighted by molar-refractivity contribution is -0.227. The van der Waals surface area contributed by atoms with Crippen molar-refractivity contribution in [2.75, 3.05) is 13.1 Å². The van der Waals surface area contributed by atoms with Crippen molar-refractivity contribution in [1.29, 1.82) is 0 Å². The summed E-state index contributed by atoms with van der Waals surface area (Å²) in [4.78, 5) is 23.7. The van der Waals surface area contributed by atoms with Crippen molar-refractivity contribution in [3.63, 3.8) is 0 Å². The number of amides is 1. The monoisotopic (exact) mass is 296 g/mol. The van der Waals surface area contributed by atoms with Gasteiger partial charge in [-0.15, -0.1) is 0 Å². The molecule has 1 saturated heterocycles. The summed E-state index contributed by atoms with van der Waals surface area (Å²) in [5.41, 5.74) is 2.69. The van der Waals surface area contributed by atoms with Crippen LogP contribution in [-0.2, 0) is 9.59 Å². The number of hydrogen-bond acceptors (Lipinski definition) is 3. The number of hydrogen-bond donors (Lipinski definition) is 2. The van der Waals surface area contributed by atoms with E-state index in [1.165, 1.54) is 0 Å². The fourth-order valence-corrected chi connectivity index (χ4v) is 2.28. The number of likely N-dealkylation sites (tertiary alicyclic amines) is 1. The minimum Gasteiger partial charge on any atom is -0.481 e. The minimum absolute atomic E-state index is 0.0744. The van der Waals surface area contributed by atoms with Crippen LogP contribution in [0.25, 0.3) is 0 Å². The number of carbonyl (C=O) groups excluding carboxylic acids is 1. The molecule has 0 aromatic carbocycles. The molecule has 8 heteroatoms. The van der Waals surface area contributed by atoms with Crippen LogP contribution in [-0.4, -0.2) is 47.2 Å². The lowest BCUT2D eigenvalue weighted by Crippen LogP contribution is -2.47. The van der Waals surface area contributed by atoms with E-state index in [1.54, 1.807) is 6.92 Å². The highest BCUT2D eigenvalue weighted by atomic mass is 19.4. The third-order valence-electron chi connectivity index (χ3n) is 3.62. The Bertz CT molecular complexity index is 385. The maximum Gasteiger partial charge on any atom is 0.406 e. The molecule has 2 atom stereocenters. The lowest BCUT2D eigenvalue weighted by Gasteiger charge is -2.27. The van der Waals surface area contributed by atoms with Gasteiger partial charge in [0.05, 0.1) is 0 Å². The maximum atomic E-state index is 12.9. The average molecular weight is 296 g/mol. The molecule has 116 valence electrons. The fraction of sp³-hybridized carbons (Fsp3) is 0.833. The number of aliphatic carboxylic acids is 1. The molecule has 0 aromatic rings. The quantitative estimate of drug-likeness (QED) is 0.802. The van der Waals surface area contributed by atoms with Crippen LogP contribution in [0.15, 0.2) is 0 Å². The first-order chi connectivity index (χ1) is 9.10. The number of carboxylic acids is 1. The molecule has 3 N–H and O–H groups in total. The van der Waals surface area contributed by atoms with Gasteiger partial charge in [-0.2, -0.15) is 13.2 Å². The summed E-state index contributed by atoms with van der Waals surface area (Å²) in [6, 6.07) is -0.0744. The molecule has 5 nitrogen and oxygen atoms in total. The van der Waals surface area contributed by atoms with Gasteiger partial charge in [0.1, 0.15) is 0 Å². The summed E-state index contributed by atoms with van der Waals surface area (Å²) < 4.78 is 38.8. The number of carbonyl (C=O) groups is 2. The van der Waals surface area contributed by atoms with E-state index in [0.717, 1.165) is 4.90 Å². The van der Waals surface area contributed by atoms with Gasteiger partial charge in [0.2, 0.25) is 5.91 Å². The van der Waals surface area contributed by atoms with Crippen LogP contribution < -0.4 is 5.73 Å². The van der Waals surface area contributed by atoms with Crippen LogP contribution in [0, 0.1) is 5.41 Å². The predicted octanol–water partition coefficient (Wildman–Crippen LogP) is 1.37. The van der Waals surface area contributed by atoms with Crippen molar-refractivity contribution in [3.05, 3.63) is 0 Å². The number of nitrogens with two attached hydrogens (primary N) is 1. The van der Waals surface area contributed by atoms with Gasteiger partial charge in [-0.1, -0.05) is 0 Å². The Morgan fingerprint density at radius 2 is 2.05 bits per heavy atom. The van der Waals surface area contributed by atoms with Gasteiger partial charge in [0.15, 0.2) is 5.41 Å². The Hall–Kier alpha value is -1.31. The normalized spacial score (nSPS) is 24.8. The summed E-state index contributed by atoms with van der Waals surface area (Å²) in [5.74, 6) is -2.37. The molecule has 0 saturated carbocycles. The van der Waals surface area contributed by atoms with Crippen molar-refractivity contribution < 1.29 is 27.9 Å². The number of nitrogens with zero attached hydrogens (tertiary/aromatic N) is 1. The Labute approximate surface area is 114 Å². The summed E-state index contributed by atoms with van der Waals surface area (Å²) in [5, 5.41) is 8.87. The third-order valence-corrected chi connectivity index (χ3v) is 3.62. The van der Waals surface area contributed by atoms with Crippen molar-refractivity contribution in [1.82, 2.24) is 4.90 Å². The van der Waals surface area contributed by atoms with E-state index < -0.39 is 36.4 Å². The van der Waals surface area contributed by atoms with Crippen molar-refractivity contribution in [2.24, 2.45) is 11.1 Å². The second-order valence-electron chi connectivity index (χ2n) is 5.32. The van der Waals surface area contributed by atoms with E-state index in [2.05, 4.69) is 0 Å². The van der Waals surface area contributed by atoms with Crippen LogP contribution in [0.2, 0.25) is 0 Å². The Morgan fingerprint density at radius 3 is 2.45 bits per heavy atom. The van der Waals surface area contributed by atoms with Crippen LogP contribution >= 0.6 is 0 Å². The number of alkyl halides is 3. The Morgan fingerprint density at radius 1 is 1.45 bits per heavy atom. The first-order valence-electron chi connectivity index (χ1n) is 6.43. The maximum absolute atomic E-state index is 12.9. The molecule has 1 amide bonds. The van der Waals surface area contributed by atoms with Crippen LogP contribution in [0.5, 0.6) is 0 Å². The van der Waals surface area contributed by atoms with Crippen molar-refractivity contribution in [3.8, 4) is 0 Å². The van der Waals surface area contributed by atoms with E-state index in [1.807, 2.05) is 0 Å². The van der Waals surface area contributed by atoms with E-state index in [-0.39, 0.29) is 19.0 Å². The fourth-order valence-electron chi connectivity index (χ4n) is 2.28. The second kappa shape index (κ2) is 5.99. The molecule has 0 bridgehead atoms. The first-order valence-corrected chi connectivity index (χ1v) is 6.43. The highest BCUT2D eigenvalue weighted by Gasteiger charge is 2.64. The molecule has 1 aliphatic heterocycles. The number of rotatable bonds is 5. The molecular formula is C12H19F3N2O3. The molecule has 1 aliphatic rings. The molecule has 1 rings (SSSR count). The average Bonchev–Trinajstić information content (AvgIpc) is 2.73. The zero-order valence-corrected chi connectivity index (χ0v) is 11.2. The van der Waals surface area contributed by atoms with E-state index in [9.17, 15) is 22.8 Å². The zero-order valence-electron chi connectivity index (χ0n) is 11.2. The molecular weight excluding hydrogens is 277 g/mol. The van der Waals surface area contributed by atoms with Crippen LogP contribution in [0.3, 0.4) is 0 Å². The topological polar surface area (TPSA) is 83.6 Å². The summed E-state index contributed by atoms with van der Waals surface area (Å²) >= 11 is 0. The lowest BCUT2D eigenvalue weighted by atomic mass is 9.86. The standard InChI is InChI=1S/C12H19F3N2O3/c1-8(16)3-2-4-9(18)17-6-5-11(7-17,10(19)20)12(13,14)15/h8H,2-7,16H2,1H3,(H,19,20). The van der Waals surface area contributed by atoms with Gasteiger partial charge >= 0.3 is 12.1 Å². The third kappa shape index (κ3) is 3.41. The van der Waals surface area contributed by atoms with Gasteiger partial charge in [-0.3, -0.25) is 9.59 Å². The van der Waals surface area contributed by atoms with E-state index in [0.29, 0.717) is 12.8 Å². The molecule has 1 fully saturated rings. The molecule has 2 unspecified atom stereocenters. The summed E-state index contributed by atoms with van der Waals surface area (Å²) in [6.07, 6.45) is -4.28. The van der Waals surface area contributed by atoms with Gasteiger partial charge in [0.25, 0.3) is 0 Å². The highest BCUT2D eigenvalue weighted by molar-refractivity contribution is 5.81. The van der Waals surface area contributed by atoms with Crippen molar-refractivity contribution in [2.45, 2.75) is 44.8 Å². The molecule has 20 heavy (non-hydrogen) atoms. The number of halogens is 3. The molecule has 1 heterocycles. The predicted molar refractivity (Wildman–Crippen MR) is 64.8 cm³/mol. The van der Waals surface area contributed by atoms with E-state index in [4.69, 9.17) is 10.8 Å². The first kappa shape index (κ1) is 16.7. The van der Waals surface area contributed by atoms with Gasteiger partial charge < -0.3 is 15.7 Å². The summed E-state index contributed by atoms with van der Waals surface area (Å²) in [6.45, 7) is 0.797. The van der Waals surface area contributed by atoms with Crippen molar-refractivity contribution >= 4 is 11.9 Å². The van der Waals surface area contributed by atoms with Gasteiger partial charge in [-0.25, -0.2) is 0 Å². The van der Waals surface area contributed by atoms with Gasteiger partial charge in [0, 0.05) is 25.6 Å². The smallest absolute Gasteiger partial charge is 0.406 e. The minimum atomic E-state index is -4.86. The Balaban J connectivity index is 2.65.